The Labute approximate surface area is 329 Å². The molecular weight excluding hydrogens is 695 g/mol. The number of para-hydroxylation sites is 1. The van der Waals surface area contributed by atoms with Crippen molar-refractivity contribution in [2.75, 3.05) is 0 Å². The van der Waals surface area contributed by atoms with Gasteiger partial charge >= 0.3 is 0 Å². The van der Waals surface area contributed by atoms with Crippen molar-refractivity contribution in [1.29, 1.82) is 0 Å². The molecule has 0 spiro atoms. The van der Waals surface area contributed by atoms with Crippen molar-refractivity contribution in [3.63, 3.8) is 0 Å². The number of nitrogens with zero attached hydrogens (tertiary/aromatic N) is 3. The number of rotatable bonds is 6. The Morgan fingerprint density at radius 1 is 0.298 bits per heavy atom. The van der Waals surface area contributed by atoms with Gasteiger partial charge in [0.1, 0.15) is 11.2 Å². The molecule has 0 saturated carbocycles. The molecule has 0 bridgehead atoms. The van der Waals surface area contributed by atoms with Gasteiger partial charge in [-0.3, -0.25) is 0 Å². The van der Waals surface area contributed by atoms with E-state index in [1.807, 2.05) is 24.3 Å². The highest BCUT2D eigenvalue weighted by Crippen LogP contribution is 2.42. The van der Waals surface area contributed by atoms with Crippen molar-refractivity contribution in [3.8, 4) is 67.5 Å². The summed E-state index contributed by atoms with van der Waals surface area (Å²) in [4.78, 5) is 15.8. The first-order valence-corrected chi connectivity index (χ1v) is 19.2. The summed E-state index contributed by atoms with van der Waals surface area (Å²) in [6, 6.07) is 69.8. The standard InChI is InChI=1S/C53H33N3O/c1-3-14-34(15-4-1)36-28-30-37(31-29-36)51-54-52(56-53(55-51)47-33-40-18-7-8-21-41(40)43-22-9-10-23-44(43)47)46-26-13-27-48-49(46)45-25-12-24-42(50(45)57-48)39-20-11-19-38(32-39)35-16-5-2-6-17-35/h1-33H. The van der Waals surface area contributed by atoms with Crippen LogP contribution in [-0.4, -0.2) is 15.0 Å². The normalized spacial score (nSPS) is 11.5. The Kier molecular flexibility index (Phi) is 7.78. The molecule has 0 fully saturated rings. The maximum Gasteiger partial charge on any atom is 0.164 e. The summed E-state index contributed by atoms with van der Waals surface area (Å²) in [5, 5.41) is 6.56. The average Bonchev–Trinajstić information content (AvgIpc) is 3.69. The third-order valence-corrected chi connectivity index (χ3v) is 10.9. The predicted molar refractivity (Wildman–Crippen MR) is 235 cm³/mol. The van der Waals surface area contributed by atoms with E-state index in [9.17, 15) is 0 Å². The topological polar surface area (TPSA) is 51.8 Å². The number of benzene rings is 9. The van der Waals surface area contributed by atoms with Gasteiger partial charge in [-0.05, 0) is 67.6 Å². The molecule has 0 aliphatic heterocycles. The molecule has 2 aromatic heterocycles. The number of fused-ring (bicyclic) bond motifs is 6. The van der Waals surface area contributed by atoms with E-state index in [0.717, 1.165) is 82.6 Å². The van der Waals surface area contributed by atoms with Crippen molar-refractivity contribution in [3.05, 3.63) is 200 Å². The van der Waals surface area contributed by atoms with Gasteiger partial charge in [0.15, 0.2) is 17.5 Å². The van der Waals surface area contributed by atoms with Crippen molar-refractivity contribution >= 4 is 43.5 Å². The lowest BCUT2D eigenvalue weighted by Gasteiger charge is -2.13. The van der Waals surface area contributed by atoms with Gasteiger partial charge in [0.2, 0.25) is 0 Å². The molecule has 4 heteroatoms. The summed E-state index contributed by atoms with van der Waals surface area (Å²) < 4.78 is 6.77. The van der Waals surface area contributed by atoms with Crippen LogP contribution in [-0.2, 0) is 0 Å². The fraction of sp³-hybridized carbons (Fsp3) is 0. The highest BCUT2D eigenvalue weighted by atomic mass is 16.3. The van der Waals surface area contributed by atoms with E-state index in [0.29, 0.717) is 17.5 Å². The van der Waals surface area contributed by atoms with E-state index in [1.165, 1.54) is 10.9 Å². The zero-order valence-corrected chi connectivity index (χ0v) is 30.8. The van der Waals surface area contributed by atoms with Crippen molar-refractivity contribution < 1.29 is 4.42 Å². The van der Waals surface area contributed by atoms with Crippen LogP contribution < -0.4 is 0 Å². The second-order valence-electron chi connectivity index (χ2n) is 14.4. The maximum atomic E-state index is 6.77. The van der Waals surface area contributed by atoms with E-state index < -0.39 is 0 Å². The Morgan fingerprint density at radius 2 is 0.825 bits per heavy atom. The molecule has 2 heterocycles. The molecule has 0 unspecified atom stereocenters. The molecule has 11 rings (SSSR count). The Bertz CT molecular complexity index is 3280. The highest BCUT2D eigenvalue weighted by Gasteiger charge is 2.21. The molecule has 0 radical (unpaired) electrons. The molecule has 0 aliphatic carbocycles. The zero-order valence-electron chi connectivity index (χ0n) is 30.8. The molecule has 266 valence electrons. The van der Waals surface area contributed by atoms with Crippen LogP contribution in [0.3, 0.4) is 0 Å². The minimum Gasteiger partial charge on any atom is -0.455 e. The molecule has 4 nitrogen and oxygen atoms in total. The van der Waals surface area contributed by atoms with Gasteiger partial charge in [-0.25, -0.2) is 15.0 Å². The molecule has 57 heavy (non-hydrogen) atoms. The van der Waals surface area contributed by atoms with Crippen molar-refractivity contribution in [2.45, 2.75) is 0 Å². The predicted octanol–water partition coefficient (Wildman–Crippen LogP) is 14.1. The van der Waals surface area contributed by atoms with Gasteiger partial charge in [0, 0.05) is 33.0 Å². The van der Waals surface area contributed by atoms with Crippen LogP contribution in [0.2, 0.25) is 0 Å². The van der Waals surface area contributed by atoms with Crippen molar-refractivity contribution in [1.82, 2.24) is 15.0 Å². The van der Waals surface area contributed by atoms with Crippen LogP contribution in [0, 0.1) is 0 Å². The van der Waals surface area contributed by atoms with E-state index in [-0.39, 0.29) is 0 Å². The Hall–Kier alpha value is -7.69. The third kappa shape index (κ3) is 5.74. The lowest BCUT2D eigenvalue weighted by molar-refractivity contribution is 0.670. The first kappa shape index (κ1) is 32.7. The lowest BCUT2D eigenvalue weighted by Crippen LogP contribution is -2.01. The summed E-state index contributed by atoms with van der Waals surface area (Å²) >= 11 is 0. The fourth-order valence-corrected chi connectivity index (χ4v) is 8.19. The Balaban J connectivity index is 1.12. The van der Waals surface area contributed by atoms with E-state index in [1.54, 1.807) is 0 Å². The van der Waals surface area contributed by atoms with E-state index in [2.05, 4.69) is 176 Å². The zero-order chi connectivity index (χ0) is 37.7. The third-order valence-electron chi connectivity index (χ3n) is 10.9. The van der Waals surface area contributed by atoms with Gasteiger partial charge < -0.3 is 4.42 Å². The van der Waals surface area contributed by atoms with Crippen LogP contribution in [0.4, 0.5) is 0 Å². The second-order valence-corrected chi connectivity index (χ2v) is 14.4. The first-order valence-electron chi connectivity index (χ1n) is 19.2. The van der Waals surface area contributed by atoms with E-state index in [4.69, 9.17) is 19.4 Å². The van der Waals surface area contributed by atoms with Gasteiger partial charge in [0.05, 0.1) is 0 Å². The molecular formula is C53H33N3O. The number of hydrogen-bond donors (Lipinski definition) is 0. The van der Waals surface area contributed by atoms with E-state index >= 15 is 0 Å². The van der Waals surface area contributed by atoms with Crippen LogP contribution >= 0.6 is 0 Å². The molecule has 0 atom stereocenters. The minimum absolute atomic E-state index is 0.587. The molecule has 9 aromatic carbocycles. The van der Waals surface area contributed by atoms with Crippen LogP contribution in [0.1, 0.15) is 0 Å². The maximum absolute atomic E-state index is 6.77. The SMILES string of the molecule is c1ccc(-c2ccc(-c3nc(-c4cc5ccccc5c5ccccc45)nc(-c4cccc5oc6c(-c7cccc(-c8ccccc8)c7)cccc6c45)n3)cc2)cc1. The minimum atomic E-state index is 0.587. The fourth-order valence-electron chi connectivity index (χ4n) is 8.19. The number of furan rings is 1. The quantitative estimate of drug-likeness (QED) is 0.160. The molecule has 0 N–H and O–H groups in total. The highest BCUT2D eigenvalue weighted by molar-refractivity contribution is 6.16. The summed E-state index contributed by atoms with van der Waals surface area (Å²) in [6.45, 7) is 0. The summed E-state index contributed by atoms with van der Waals surface area (Å²) in [5.74, 6) is 1.81. The number of hydrogen-bond acceptors (Lipinski definition) is 4. The van der Waals surface area contributed by atoms with Gasteiger partial charge in [0.25, 0.3) is 0 Å². The monoisotopic (exact) mass is 727 g/mol. The van der Waals surface area contributed by atoms with Gasteiger partial charge in [-0.2, -0.15) is 0 Å². The summed E-state index contributed by atoms with van der Waals surface area (Å²) in [5.41, 5.74) is 11.1. The Morgan fingerprint density at radius 3 is 1.61 bits per heavy atom. The first-order chi connectivity index (χ1) is 28.2. The average molecular weight is 728 g/mol. The van der Waals surface area contributed by atoms with Gasteiger partial charge in [-0.1, -0.05) is 182 Å². The molecule has 0 amide bonds. The molecule has 0 aliphatic rings. The van der Waals surface area contributed by atoms with Crippen molar-refractivity contribution in [2.24, 2.45) is 0 Å². The smallest absolute Gasteiger partial charge is 0.164 e. The van der Waals surface area contributed by atoms with Crippen LogP contribution in [0.5, 0.6) is 0 Å². The summed E-state index contributed by atoms with van der Waals surface area (Å²) in [6.07, 6.45) is 0. The second kappa shape index (κ2) is 13.6. The lowest BCUT2D eigenvalue weighted by atomic mass is 9.96. The molecule has 11 aromatic rings. The van der Waals surface area contributed by atoms with Gasteiger partial charge in [-0.15, -0.1) is 0 Å². The summed E-state index contributed by atoms with van der Waals surface area (Å²) in [7, 11) is 0. The largest absolute Gasteiger partial charge is 0.455 e. The van der Waals surface area contributed by atoms with Crippen LogP contribution in [0.25, 0.3) is 111 Å². The number of aromatic nitrogens is 3. The van der Waals surface area contributed by atoms with Crippen LogP contribution in [0.15, 0.2) is 205 Å². The molecule has 0 saturated heterocycles.